The number of aromatic amines is 2. The van der Waals surface area contributed by atoms with Crippen LogP contribution in [0.4, 0.5) is 0 Å². The molecule has 0 radical (unpaired) electrons. The number of benzene rings is 1. The van der Waals surface area contributed by atoms with Gasteiger partial charge in [0, 0.05) is 10.9 Å². The Labute approximate surface area is 95.8 Å². The molecule has 2 aromatic heterocycles. The van der Waals surface area contributed by atoms with Crippen molar-refractivity contribution in [1.82, 2.24) is 15.0 Å². The van der Waals surface area contributed by atoms with Gasteiger partial charge in [-0.3, -0.25) is 4.79 Å². The highest BCUT2D eigenvalue weighted by atomic mass is 16.3. The molecule has 5 nitrogen and oxygen atoms in total. The minimum Gasteiger partial charge on any atom is -0.493 e. The van der Waals surface area contributed by atoms with Crippen molar-refractivity contribution in [3.8, 4) is 17.1 Å². The highest BCUT2D eigenvalue weighted by Crippen LogP contribution is 2.25. The van der Waals surface area contributed by atoms with Gasteiger partial charge >= 0.3 is 0 Å². The third-order valence-electron chi connectivity index (χ3n) is 2.63. The van der Waals surface area contributed by atoms with Crippen LogP contribution in [0.5, 0.6) is 5.88 Å². The van der Waals surface area contributed by atoms with E-state index in [1.165, 1.54) is 6.33 Å². The molecule has 0 aliphatic carbocycles. The molecule has 0 fully saturated rings. The molecule has 3 N–H and O–H groups in total. The maximum atomic E-state index is 11.6. The number of fused-ring (bicyclic) bond motifs is 1. The predicted molar refractivity (Wildman–Crippen MR) is 63.8 cm³/mol. The summed E-state index contributed by atoms with van der Waals surface area (Å²) < 4.78 is 0. The molecule has 0 aliphatic rings. The second kappa shape index (κ2) is 3.48. The first-order valence-corrected chi connectivity index (χ1v) is 5.10. The van der Waals surface area contributed by atoms with Crippen molar-refractivity contribution in [3.63, 3.8) is 0 Å². The lowest BCUT2D eigenvalue weighted by Crippen LogP contribution is -2.09. The van der Waals surface area contributed by atoms with E-state index in [2.05, 4.69) is 15.0 Å². The first-order valence-electron chi connectivity index (χ1n) is 5.10. The number of nitrogens with zero attached hydrogens (tertiary/aromatic N) is 1. The van der Waals surface area contributed by atoms with E-state index in [1.807, 2.05) is 24.3 Å². The van der Waals surface area contributed by atoms with E-state index < -0.39 is 0 Å². The molecule has 17 heavy (non-hydrogen) atoms. The van der Waals surface area contributed by atoms with Gasteiger partial charge < -0.3 is 15.1 Å². The minimum atomic E-state index is -0.371. The van der Waals surface area contributed by atoms with E-state index in [0.29, 0.717) is 5.69 Å². The number of hydrogen-bond acceptors (Lipinski definition) is 3. The van der Waals surface area contributed by atoms with Crippen LogP contribution in [0.15, 0.2) is 41.5 Å². The zero-order chi connectivity index (χ0) is 11.8. The summed E-state index contributed by atoms with van der Waals surface area (Å²) in [5.74, 6) is -0.277. The lowest BCUT2D eigenvalue weighted by atomic mass is 10.2. The smallest absolute Gasteiger partial charge is 0.263 e. The van der Waals surface area contributed by atoms with Crippen LogP contribution < -0.4 is 5.56 Å². The standard InChI is InChI=1S/C12H9N3O2/c16-11-10(12(17)14-6-13-11)9-5-7-3-1-2-4-8(7)15-9/h1-6,15H,(H2,13,14,16,17). The summed E-state index contributed by atoms with van der Waals surface area (Å²) >= 11 is 0. The van der Waals surface area contributed by atoms with Crippen molar-refractivity contribution in [3.05, 3.63) is 47.0 Å². The Morgan fingerprint density at radius 2 is 2.06 bits per heavy atom. The van der Waals surface area contributed by atoms with E-state index in [-0.39, 0.29) is 17.0 Å². The van der Waals surface area contributed by atoms with Crippen LogP contribution in [0.3, 0.4) is 0 Å². The van der Waals surface area contributed by atoms with Crippen molar-refractivity contribution in [1.29, 1.82) is 0 Å². The van der Waals surface area contributed by atoms with Gasteiger partial charge in [0.2, 0.25) is 5.88 Å². The summed E-state index contributed by atoms with van der Waals surface area (Å²) in [5.41, 5.74) is 1.25. The van der Waals surface area contributed by atoms with E-state index in [1.54, 1.807) is 6.07 Å². The van der Waals surface area contributed by atoms with Crippen molar-refractivity contribution in [2.24, 2.45) is 0 Å². The number of para-hydroxylation sites is 1. The molecule has 0 unspecified atom stereocenters. The van der Waals surface area contributed by atoms with Gasteiger partial charge in [0.05, 0.1) is 12.0 Å². The zero-order valence-corrected chi connectivity index (χ0v) is 8.77. The van der Waals surface area contributed by atoms with Gasteiger partial charge in [-0.05, 0) is 12.1 Å². The number of rotatable bonds is 1. The fraction of sp³-hybridized carbons (Fsp3) is 0. The molecule has 1 aromatic carbocycles. The molecule has 0 saturated heterocycles. The Bertz CT molecular complexity index is 710. The molecule has 0 amide bonds. The Morgan fingerprint density at radius 3 is 2.82 bits per heavy atom. The maximum Gasteiger partial charge on any atom is 0.263 e. The van der Waals surface area contributed by atoms with Crippen molar-refractivity contribution >= 4 is 10.9 Å². The molecule has 0 spiro atoms. The lowest BCUT2D eigenvalue weighted by Gasteiger charge is -1.98. The Morgan fingerprint density at radius 1 is 1.24 bits per heavy atom. The first kappa shape index (κ1) is 9.65. The van der Waals surface area contributed by atoms with Crippen LogP contribution in [0, 0.1) is 0 Å². The quantitative estimate of drug-likeness (QED) is 0.590. The van der Waals surface area contributed by atoms with Crippen LogP contribution in [-0.4, -0.2) is 20.1 Å². The first-order chi connectivity index (χ1) is 8.25. The van der Waals surface area contributed by atoms with Crippen LogP contribution in [0.2, 0.25) is 0 Å². The number of hydrogen-bond donors (Lipinski definition) is 3. The van der Waals surface area contributed by atoms with Gasteiger partial charge in [-0.2, -0.15) is 0 Å². The van der Waals surface area contributed by atoms with Gasteiger partial charge in [0.1, 0.15) is 5.56 Å². The van der Waals surface area contributed by atoms with Gasteiger partial charge in [-0.25, -0.2) is 4.98 Å². The summed E-state index contributed by atoms with van der Waals surface area (Å²) in [6.07, 6.45) is 1.17. The molecule has 3 rings (SSSR count). The van der Waals surface area contributed by atoms with Gasteiger partial charge in [-0.15, -0.1) is 0 Å². The maximum absolute atomic E-state index is 11.6. The Hall–Kier alpha value is -2.56. The van der Waals surface area contributed by atoms with Gasteiger partial charge in [-0.1, -0.05) is 18.2 Å². The SMILES string of the molecule is O=c1[nH]cnc(O)c1-c1cc2ccccc2[nH]1. The highest BCUT2D eigenvalue weighted by molar-refractivity contribution is 5.86. The minimum absolute atomic E-state index is 0.156. The third kappa shape index (κ3) is 1.48. The average Bonchev–Trinajstić information content (AvgIpc) is 2.71. The van der Waals surface area contributed by atoms with E-state index in [4.69, 9.17) is 0 Å². The number of aromatic nitrogens is 3. The van der Waals surface area contributed by atoms with Gasteiger partial charge in [0.15, 0.2) is 0 Å². The van der Waals surface area contributed by atoms with Crippen LogP contribution in [-0.2, 0) is 0 Å². The zero-order valence-electron chi connectivity index (χ0n) is 8.77. The number of aromatic hydroxyl groups is 1. The van der Waals surface area contributed by atoms with Gasteiger partial charge in [0.25, 0.3) is 5.56 Å². The summed E-state index contributed by atoms with van der Waals surface area (Å²) in [6.45, 7) is 0. The second-order valence-electron chi connectivity index (χ2n) is 3.70. The lowest BCUT2D eigenvalue weighted by molar-refractivity contribution is 0.453. The van der Waals surface area contributed by atoms with Crippen molar-refractivity contribution in [2.75, 3.05) is 0 Å². The van der Waals surface area contributed by atoms with Crippen LogP contribution in [0.25, 0.3) is 22.2 Å². The number of H-pyrrole nitrogens is 2. The fourth-order valence-electron chi connectivity index (χ4n) is 1.84. The summed E-state index contributed by atoms with van der Waals surface area (Å²) in [5, 5.41) is 10.6. The normalized spacial score (nSPS) is 10.8. The van der Waals surface area contributed by atoms with E-state index >= 15 is 0 Å². The number of nitrogens with one attached hydrogen (secondary N) is 2. The molecule has 0 bridgehead atoms. The summed E-state index contributed by atoms with van der Waals surface area (Å²) in [4.78, 5) is 20.8. The Balaban J connectivity index is 2.31. The molecule has 5 heteroatoms. The monoisotopic (exact) mass is 227 g/mol. The van der Waals surface area contributed by atoms with E-state index in [9.17, 15) is 9.90 Å². The Kier molecular flexibility index (Phi) is 1.98. The largest absolute Gasteiger partial charge is 0.493 e. The molecule has 0 saturated carbocycles. The molecule has 2 heterocycles. The highest BCUT2D eigenvalue weighted by Gasteiger charge is 2.12. The van der Waals surface area contributed by atoms with Crippen molar-refractivity contribution in [2.45, 2.75) is 0 Å². The molecule has 84 valence electrons. The van der Waals surface area contributed by atoms with Crippen LogP contribution >= 0.6 is 0 Å². The van der Waals surface area contributed by atoms with E-state index in [0.717, 1.165) is 10.9 Å². The molecular formula is C12H9N3O2. The average molecular weight is 227 g/mol. The molecule has 0 atom stereocenters. The molecular weight excluding hydrogens is 218 g/mol. The third-order valence-corrected chi connectivity index (χ3v) is 2.63. The predicted octanol–water partition coefficient (Wildman–Crippen LogP) is 1.62. The fourth-order valence-corrected chi connectivity index (χ4v) is 1.84. The molecule has 3 aromatic rings. The molecule has 0 aliphatic heterocycles. The second-order valence-corrected chi connectivity index (χ2v) is 3.70. The topological polar surface area (TPSA) is 81.8 Å². The van der Waals surface area contributed by atoms with Crippen LogP contribution in [0.1, 0.15) is 0 Å². The summed E-state index contributed by atoms with van der Waals surface area (Å²) in [6, 6.07) is 9.45. The summed E-state index contributed by atoms with van der Waals surface area (Å²) in [7, 11) is 0. The van der Waals surface area contributed by atoms with Crippen molar-refractivity contribution < 1.29 is 5.11 Å².